The van der Waals surface area contributed by atoms with Gasteiger partial charge in [0.25, 0.3) is 5.91 Å². The van der Waals surface area contributed by atoms with Gasteiger partial charge < -0.3 is 15.0 Å². The van der Waals surface area contributed by atoms with E-state index in [0.29, 0.717) is 13.1 Å². The number of ether oxygens (including phenoxy) is 1. The quantitative estimate of drug-likeness (QED) is 0.386. The second-order valence-electron chi connectivity index (χ2n) is 8.61. The fourth-order valence-corrected chi connectivity index (χ4v) is 4.54. The van der Waals surface area contributed by atoms with Gasteiger partial charge in [-0.2, -0.15) is 13.2 Å². The Morgan fingerprint density at radius 2 is 1.84 bits per heavy atom. The van der Waals surface area contributed by atoms with Gasteiger partial charge >= 0.3 is 6.18 Å². The zero-order valence-corrected chi connectivity index (χ0v) is 21.1. The van der Waals surface area contributed by atoms with Gasteiger partial charge in [-0.05, 0) is 31.3 Å². The lowest BCUT2D eigenvalue weighted by Gasteiger charge is -2.35. The van der Waals surface area contributed by atoms with Gasteiger partial charge in [0.15, 0.2) is 11.7 Å². The topological polar surface area (TPSA) is 129 Å². The van der Waals surface area contributed by atoms with Crippen LogP contribution in [0.4, 0.5) is 24.5 Å². The number of H-pyrrole nitrogens is 1. The Morgan fingerprint density at radius 3 is 2.43 bits per heavy atom. The summed E-state index contributed by atoms with van der Waals surface area (Å²) in [6.45, 7) is 1.40. The van der Waals surface area contributed by atoms with E-state index in [4.69, 9.17) is 16.3 Å². The smallest absolute Gasteiger partial charge is 0.404 e. The van der Waals surface area contributed by atoms with Crippen LogP contribution in [0.1, 0.15) is 27.8 Å². The van der Waals surface area contributed by atoms with Gasteiger partial charge in [-0.3, -0.25) is 14.4 Å². The summed E-state index contributed by atoms with van der Waals surface area (Å²) in [6.07, 6.45) is -0.374. The molecule has 198 valence electrons. The molecule has 37 heavy (non-hydrogen) atoms. The van der Waals surface area contributed by atoms with Gasteiger partial charge in [-0.1, -0.05) is 11.6 Å². The van der Waals surface area contributed by atoms with E-state index in [9.17, 15) is 26.4 Å². The van der Waals surface area contributed by atoms with Crippen molar-refractivity contribution < 1.29 is 31.1 Å². The Labute approximate surface area is 215 Å². The summed E-state index contributed by atoms with van der Waals surface area (Å²) in [5.41, 5.74) is -0.199. The molecular weight excluding hydrogens is 537 g/mol. The highest BCUT2D eigenvalue weighted by Crippen LogP contribution is 2.38. The fraction of sp³-hybridized carbons (Fsp3) is 0.318. The number of nitrogens with zero attached hydrogens (tertiary/aromatic N) is 3. The zero-order valence-electron chi connectivity index (χ0n) is 19.5. The van der Waals surface area contributed by atoms with Crippen LogP contribution in [0.2, 0.25) is 5.02 Å². The lowest BCUT2D eigenvalue weighted by molar-refractivity contribution is -0.143. The molecule has 1 aliphatic heterocycles. The second kappa shape index (κ2) is 10.2. The molecule has 0 saturated carbocycles. The lowest BCUT2D eigenvalue weighted by atomic mass is 10.0. The van der Waals surface area contributed by atoms with Crippen molar-refractivity contribution in [3.8, 4) is 5.75 Å². The van der Waals surface area contributed by atoms with Crippen molar-refractivity contribution >= 4 is 38.9 Å². The zero-order chi connectivity index (χ0) is 27.0. The summed E-state index contributed by atoms with van der Waals surface area (Å²) < 4.78 is 72.7. The molecule has 1 saturated heterocycles. The number of halogens is 4. The molecule has 4 rings (SSSR count). The molecule has 1 fully saturated rings. The number of carbonyl (C=O) groups is 1. The van der Waals surface area contributed by atoms with Gasteiger partial charge in [0.2, 0.25) is 10.0 Å². The summed E-state index contributed by atoms with van der Waals surface area (Å²) in [5, 5.41) is 2.61. The monoisotopic (exact) mass is 558 g/mol. The number of likely N-dealkylation sites (N-methyl/N-ethyl adjacent to an activating group) is 1. The number of aromatic nitrogens is 3. The molecular formula is C22H22ClF3N6O4S. The normalized spacial score (nSPS) is 15.6. The molecule has 0 aliphatic carbocycles. The van der Waals surface area contributed by atoms with E-state index >= 15 is 0 Å². The number of sulfonamides is 1. The van der Waals surface area contributed by atoms with Crippen molar-refractivity contribution in [2.75, 3.05) is 36.4 Å². The molecule has 10 nitrogen and oxygen atoms in total. The van der Waals surface area contributed by atoms with E-state index in [1.165, 1.54) is 30.6 Å². The lowest BCUT2D eigenvalue weighted by Crippen LogP contribution is -2.51. The Bertz CT molecular complexity index is 1390. The Kier molecular flexibility index (Phi) is 7.35. The van der Waals surface area contributed by atoms with Crippen LogP contribution in [-0.2, 0) is 10.0 Å². The number of anilines is 2. The van der Waals surface area contributed by atoms with Crippen LogP contribution < -0.4 is 14.8 Å². The van der Waals surface area contributed by atoms with Crippen molar-refractivity contribution in [1.29, 1.82) is 0 Å². The predicted octanol–water partition coefficient (Wildman–Crippen LogP) is 3.47. The SMILES string of the molecule is CN1CC(Oc2cnc(C(c3cc(C(=O)Nc4cc(Cl)cc(NS(C)(=O)=O)c4)c[nH]3)C(F)(F)F)nc2)C1. The highest BCUT2D eigenvalue weighted by molar-refractivity contribution is 7.92. The average Bonchev–Trinajstić information content (AvgIpc) is 3.21. The van der Waals surface area contributed by atoms with Crippen LogP contribution in [0.5, 0.6) is 5.75 Å². The van der Waals surface area contributed by atoms with Gasteiger partial charge in [-0.15, -0.1) is 0 Å². The van der Waals surface area contributed by atoms with E-state index in [2.05, 4.69) is 25.0 Å². The third-order valence-electron chi connectivity index (χ3n) is 5.30. The molecule has 3 N–H and O–H groups in total. The predicted molar refractivity (Wildman–Crippen MR) is 131 cm³/mol. The average molecular weight is 559 g/mol. The first-order chi connectivity index (χ1) is 17.3. The highest BCUT2D eigenvalue weighted by atomic mass is 35.5. The van der Waals surface area contributed by atoms with Crippen LogP contribution >= 0.6 is 11.6 Å². The van der Waals surface area contributed by atoms with Crippen LogP contribution in [0, 0.1) is 0 Å². The molecule has 15 heteroatoms. The van der Waals surface area contributed by atoms with Gasteiger partial charge in [0.05, 0.1) is 29.9 Å². The number of carbonyl (C=O) groups excluding carboxylic acids is 1. The fourth-order valence-electron chi connectivity index (χ4n) is 3.75. The molecule has 0 spiro atoms. The summed E-state index contributed by atoms with van der Waals surface area (Å²) in [6, 6.07) is 5.06. The number of amides is 1. The number of rotatable bonds is 8. The number of aromatic amines is 1. The summed E-state index contributed by atoms with van der Waals surface area (Å²) in [4.78, 5) is 24.9. The maximum Gasteiger partial charge on any atom is 0.404 e. The van der Waals surface area contributed by atoms with Crippen molar-refractivity contribution in [2.45, 2.75) is 18.2 Å². The van der Waals surface area contributed by atoms with E-state index in [0.717, 1.165) is 18.5 Å². The maximum atomic E-state index is 14.0. The Balaban J connectivity index is 1.51. The first-order valence-electron chi connectivity index (χ1n) is 10.8. The Hall–Kier alpha value is -3.36. The van der Waals surface area contributed by atoms with Crippen LogP contribution in [0.3, 0.4) is 0 Å². The molecule has 1 amide bonds. The molecule has 2 aromatic heterocycles. The minimum Gasteiger partial charge on any atom is -0.485 e. The number of benzene rings is 1. The first kappa shape index (κ1) is 26.7. The van der Waals surface area contributed by atoms with Crippen LogP contribution in [-0.4, -0.2) is 72.9 Å². The standard InChI is InChI=1S/C22H22ClF3N6O4S/c1-32-10-17(11-32)36-16-8-28-20(29-9-16)19(22(24,25)26)18-3-12(7-27-18)21(33)30-14-4-13(23)5-15(6-14)31-37(2,34)35/h3-9,17,19,27,31H,10-11H2,1-2H3,(H,30,33). The molecule has 1 atom stereocenters. The minimum atomic E-state index is -4.75. The number of alkyl halides is 3. The van der Waals surface area contributed by atoms with Crippen molar-refractivity contribution in [3.05, 3.63) is 65.0 Å². The highest BCUT2D eigenvalue weighted by Gasteiger charge is 2.45. The molecule has 0 radical (unpaired) electrons. The molecule has 3 aromatic rings. The van der Waals surface area contributed by atoms with Crippen molar-refractivity contribution in [2.24, 2.45) is 0 Å². The molecule has 1 aliphatic rings. The number of hydrogen-bond donors (Lipinski definition) is 3. The van der Waals surface area contributed by atoms with E-state index in [-0.39, 0.29) is 39.5 Å². The van der Waals surface area contributed by atoms with Crippen molar-refractivity contribution in [1.82, 2.24) is 19.9 Å². The summed E-state index contributed by atoms with van der Waals surface area (Å²) >= 11 is 5.99. The van der Waals surface area contributed by atoms with Crippen LogP contribution in [0.15, 0.2) is 42.9 Å². The largest absolute Gasteiger partial charge is 0.485 e. The molecule has 3 heterocycles. The summed E-state index contributed by atoms with van der Waals surface area (Å²) in [7, 11) is -1.68. The first-order valence-corrected chi connectivity index (χ1v) is 13.1. The molecule has 1 unspecified atom stereocenters. The van der Waals surface area contributed by atoms with Gasteiger partial charge in [0.1, 0.15) is 11.9 Å². The second-order valence-corrected chi connectivity index (χ2v) is 10.8. The number of nitrogens with one attached hydrogen (secondary N) is 3. The summed E-state index contributed by atoms with van der Waals surface area (Å²) in [5.74, 6) is -3.20. The third-order valence-corrected chi connectivity index (χ3v) is 6.13. The Morgan fingerprint density at radius 1 is 1.19 bits per heavy atom. The van der Waals surface area contributed by atoms with E-state index in [1.807, 2.05) is 11.9 Å². The number of likely N-dealkylation sites (tertiary alicyclic amines) is 1. The van der Waals surface area contributed by atoms with E-state index < -0.39 is 33.8 Å². The molecule has 1 aromatic carbocycles. The van der Waals surface area contributed by atoms with Gasteiger partial charge in [0, 0.05) is 35.7 Å². The van der Waals surface area contributed by atoms with Gasteiger partial charge in [-0.25, -0.2) is 18.4 Å². The third kappa shape index (κ3) is 6.90. The number of hydrogen-bond acceptors (Lipinski definition) is 7. The minimum absolute atomic E-state index is 0.0694. The van der Waals surface area contributed by atoms with Crippen molar-refractivity contribution in [3.63, 3.8) is 0 Å². The van der Waals surface area contributed by atoms with E-state index in [1.54, 1.807) is 0 Å². The molecule has 0 bridgehead atoms. The van der Waals surface area contributed by atoms with Crippen LogP contribution in [0.25, 0.3) is 0 Å². The maximum absolute atomic E-state index is 14.0.